The van der Waals surface area contributed by atoms with Crippen LogP contribution in [0.3, 0.4) is 0 Å². The van der Waals surface area contributed by atoms with Crippen LogP contribution >= 0.6 is 11.8 Å². The van der Waals surface area contributed by atoms with E-state index in [0.29, 0.717) is 0 Å². The van der Waals surface area contributed by atoms with Crippen molar-refractivity contribution >= 4 is 22.7 Å². The lowest BCUT2D eigenvalue weighted by molar-refractivity contribution is 0.585. The van der Waals surface area contributed by atoms with Crippen molar-refractivity contribution in [3.63, 3.8) is 0 Å². The average molecular weight is 286 g/mol. The number of nitriles is 1. The fourth-order valence-corrected chi connectivity index (χ4v) is 2.90. The summed E-state index contributed by atoms with van der Waals surface area (Å²) in [5, 5.41) is 14.4. The summed E-state index contributed by atoms with van der Waals surface area (Å²) in [6.07, 6.45) is 3.46. The van der Waals surface area contributed by atoms with Crippen molar-refractivity contribution in [1.29, 1.82) is 5.26 Å². The third-order valence-electron chi connectivity index (χ3n) is 2.95. The normalized spacial score (nSPS) is 12.2. The second-order valence-corrected chi connectivity index (χ2v) is 5.55. The lowest BCUT2D eigenvalue weighted by atomic mass is 10.2. The van der Waals surface area contributed by atoms with Gasteiger partial charge in [0.05, 0.1) is 17.6 Å². The van der Waals surface area contributed by atoms with Gasteiger partial charge in [0.2, 0.25) is 0 Å². The highest BCUT2D eigenvalue weighted by atomic mass is 32.2. The maximum absolute atomic E-state index is 9.07. The minimum absolute atomic E-state index is 0.0736. The maximum atomic E-state index is 9.07. The SMILES string of the molecule is CCCNC(C#N)CCSc1ncnc2ccccc12. The first-order valence-electron chi connectivity index (χ1n) is 6.80. The highest BCUT2D eigenvalue weighted by Gasteiger charge is 2.08. The summed E-state index contributed by atoms with van der Waals surface area (Å²) in [7, 11) is 0. The fraction of sp³-hybridized carbons (Fsp3) is 0.400. The molecule has 1 aromatic heterocycles. The number of nitrogens with zero attached hydrogens (tertiary/aromatic N) is 3. The maximum Gasteiger partial charge on any atom is 0.117 e. The average Bonchev–Trinajstić information content (AvgIpc) is 2.51. The quantitative estimate of drug-likeness (QED) is 0.626. The number of hydrogen-bond acceptors (Lipinski definition) is 5. The van der Waals surface area contributed by atoms with Gasteiger partial charge in [-0.3, -0.25) is 0 Å². The van der Waals surface area contributed by atoms with E-state index >= 15 is 0 Å². The van der Waals surface area contributed by atoms with Gasteiger partial charge in [-0.15, -0.1) is 11.8 Å². The molecule has 0 saturated heterocycles. The van der Waals surface area contributed by atoms with Gasteiger partial charge in [0.1, 0.15) is 11.4 Å². The molecule has 0 aliphatic carbocycles. The lowest BCUT2D eigenvalue weighted by Crippen LogP contribution is -2.28. The van der Waals surface area contributed by atoms with Crippen molar-refractivity contribution in [3.05, 3.63) is 30.6 Å². The van der Waals surface area contributed by atoms with Crippen LogP contribution < -0.4 is 5.32 Å². The molecule has 20 heavy (non-hydrogen) atoms. The predicted molar refractivity (Wildman–Crippen MR) is 82.6 cm³/mol. The van der Waals surface area contributed by atoms with E-state index < -0.39 is 0 Å². The molecule has 2 aromatic rings. The van der Waals surface area contributed by atoms with Crippen LogP contribution in [0.15, 0.2) is 35.6 Å². The van der Waals surface area contributed by atoms with Crippen molar-refractivity contribution in [2.45, 2.75) is 30.8 Å². The molecule has 104 valence electrons. The molecular formula is C15H18N4S. The largest absolute Gasteiger partial charge is 0.302 e. The van der Waals surface area contributed by atoms with Gasteiger partial charge in [-0.05, 0) is 25.5 Å². The van der Waals surface area contributed by atoms with E-state index in [-0.39, 0.29) is 6.04 Å². The molecule has 1 atom stereocenters. The van der Waals surface area contributed by atoms with E-state index in [2.05, 4.69) is 28.3 Å². The molecular weight excluding hydrogens is 268 g/mol. The van der Waals surface area contributed by atoms with Crippen molar-refractivity contribution < 1.29 is 0 Å². The van der Waals surface area contributed by atoms with E-state index in [1.54, 1.807) is 18.1 Å². The Kier molecular flexibility index (Phi) is 5.78. The van der Waals surface area contributed by atoms with E-state index in [1.165, 1.54) is 0 Å². The molecule has 0 aliphatic heterocycles. The first-order valence-corrected chi connectivity index (χ1v) is 7.79. The molecule has 1 unspecified atom stereocenters. The summed E-state index contributed by atoms with van der Waals surface area (Å²) in [4.78, 5) is 8.59. The minimum Gasteiger partial charge on any atom is -0.302 e. The Bertz CT molecular complexity index is 588. The summed E-state index contributed by atoms with van der Waals surface area (Å²) in [5.41, 5.74) is 0.964. The number of thioether (sulfide) groups is 1. The first-order chi connectivity index (χ1) is 9.85. The summed E-state index contributed by atoms with van der Waals surface area (Å²) >= 11 is 1.68. The third-order valence-corrected chi connectivity index (χ3v) is 3.99. The number of fused-ring (bicyclic) bond motifs is 1. The standard InChI is InChI=1S/C15H18N4S/c1-2-8-17-12(10-16)7-9-20-15-13-5-3-4-6-14(13)18-11-19-15/h3-6,11-12,17H,2,7-9H2,1H3. The van der Waals surface area contributed by atoms with Crippen LogP contribution in [0.1, 0.15) is 19.8 Å². The van der Waals surface area contributed by atoms with Crippen LogP contribution in [-0.2, 0) is 0 Å². The topological polar surface area (TPSA) is 61.6 Å². The molecule has 5 heteroatoms. The summed E-state index contributed by atoms with van der Waals surface area (Å²) in [5.74, 6) is 0.871. The fourth-order valence-electron chi connectivity index (χ4n) is 1.90. The molecule has 0 bridgehead atoms. The molecule has 0 aliphatic rings. The number of aromatic nitrogens is 2. The smallest absolute Gasteiger partial charge is 0.117 e. The van der Waals surface area contributed by atoms with Crippen LogP contribution in [0.5, 0.6) is 0 Å². The Balaban J connectivity index is 1.94. The van der Waals surface area contributed by atoms with E-state index in [1.807, 2.05) is 24.3 Å². The zero-order valence-corrected chi connectivity index (χ0v) is 12.4. The first kappa shape index (κ1) is 14.8. The van der Waals surface area contributed by atoms with E-state index in [0.717, 1.165) is 41.1 Å². The van der Waals surface area contributed by atoms with Crippen molar-refractivity contribution in [2.24, 2.45) is 0 Å². The Hall–Kier alpha value is -1.64. The Morgan fingerprint density at radius 3 is 3.00 bits per heavy atom. The second kappa shape index (κ2) is 7.83. The Morgan fingerprint density at radius 2 is 2.20 bits per heavy atom. The molecule has 0 radical (unpaired) electrons. The third kappa shape index (κ3) is 3.92. The lowest BCUT2D eigenvalue weighted by Gasteiger charge is -2.10. The molecule has 1 aromatic carbocycles. The van der Waals surface area contributed by atoms with Crippen LogP contribution in [0.25, 0.3) is 10.9 Å². The Labute approximate surface area is 123 Å². The molecule has 0 saturated carbocycles. The predicted octanol–water partition coefficient (Wildman–Crippen LogP) is 3.00. The van der Waals surface area contributed by atoms with Gasteiger partial charge in [0.15, 0.2) is 0 Å². The number of rotatable bonds is 7. The van der Waals surface area contributed by atoms with Crippen molar-refractivity contribution in [2.75, 3.05) is 12.3 Å². The van der Waals surface area contributed by atoms with Gasteiger partial charge in [-0.2, -0.15) is 5.26 Å². The number of hydrogen-bond donors (Lipinski definition) is 1. The molecule has 0 spiro atoms. The van der Waals surface area contributed by atoms with Crippen LogP contribution in [0.2, 0.25) is 0 Å². The van der Waals surface area contributed by atoms with Gasteiger partial charge in [0, 0.05) is 11.1 Å². The van der Waals surface area contributed by atoms with Gasteiger partial charge in [-0.25, -0.2) is 9.97 Å². The van der Waals surface area contributed by atoms with Crippen molar-refractivity contribution in [3.8, 4) is 6.07 Å². The van der Waals surface area contributed by atoms with E-state index in [4.69, 9.17) is 5.26 Å². The van der Waals surface area contributed by atoms with Crippen LogP contribution in [-0.4, -0.2) is 28.3 Å². The summed E-state index contributed by atoms with van der Waals surface area (Å²) < 4.78 is 0. The van der Waals surface area contributed by atoms with Gasteiger partial charge in [0.25, 0.3) is 0 Å². The molecule has 1 N–H and O–H groups in total. The summed E-state index contributed by atoms with van der Waals surface area (Å²) in [6, 6.07) is 10.2. The van der Waals surface area contributed by atoms with Crippen molar-refractivity contribution in [1.82, 2.24) is 15.3 Å². The number of benzene rings is 1. The molecule has 0 amide bonds. The molecule has 2 rings (SSSR count). The number of para-hydroxylation sites is 1. The van der Waals surface area contributed by atoms with E-state index in [9.17, 15) is 0 Å². The highest BCUT2D eigenvalue weighted by molar-refractivity contribution is 7.99. The minimum atomic E-state index is -0.0736. The monoisotopic (exact) mass is 286 g/mol. The van der Waals surface area contributed by atoms with Crippen LogP contribution in [0.4, 0.5) is 0 Å². The Morgan fingerprint density at radius 1 is 1.35 bits per heavy atom. The molecule has 1 heterocycles. The number of nitrogens with one attached hydrogen (secondary N) is 1. The molecule has 0 fully saturated rings. The van der Waals surface area contributed by atoms with Gasteiger partial charge < -0.3 is 5.32 Å². The zero-order valence-electron chi connectivity index (χ0n) is 11.5. The van der Waals surface area contributed by atoms with Crippen LogP contribution in [0, 0.1) is 11.3 Å². The van der Waals surface area contributed by atoms with Gasteiger partial charge >= 0.3 is 0 Å². The zero-order chi connectivity index (χ0) is 14.2. The second-order valence-electron chi connectivity index (χ2n) is 4.47. The van der Waals surface area contributed by atoms with Gasteiger partial charge in [-0.1, -0.05) is 25.1 Å². The molecule has 4 nitrogen and oxygen atoms in total. The summed E-state index contributed by atoms with van der Waals surface area (Å²) in [6.45, 7) is 2.99. The highest BCUT2D eigenvalue weighted by Crippen LogP contribution is 2.24.